The average molecular weight is 249 g/mol. The number of nitrogens with two attached hydrogens (primary N) is 1. The maximum atomic E-state index is 11.7. The molecule has 0 aromatic carbocycles. The van der Waals surface area contributed by atoms with Crippen LogP contribution in [0.25, 0.3) is 0 Å². The van der Waals surface area contributed by atoms with E-state index in [0.29, 0.717) is 23.4 Å². The minimum absolute atomic E-state index is 0.192. The maximum absolute atomic E-state index is 11.7. The molecule has 0 atom stereocenters. The number of halogens is 2. The Hall–Kier alpha value is -0.910. The van der Waals surface area contributed by atoms with Crippen LogP contribution in [0.3, 0.4) is 0 Å². The summed E-state index contributed by atoms with van der Waals surface area (Å²) in [6.45, 7) is 0.203. The zero-order chi connectivity index (χ0) is 9.68. The molecular formula is C7H10BrFN4. The van der Waals surface area contributed by atoms with Crippen LogP contribution in [0.2, 0.25) is 0 Å². The molecule has 3 N–H and O–H groups in total. The molecule has 0 aliphatic carbocycles. The van der Waals surface area contributed by atoms with Gasteiger partial charge >= 0.3 is 0 Å². The van der Waals surface area contributed by atoms with Gasteiger partial charge in [-0.3, -0.25) is 4.39 Å². The molecule has 0 saturated heterocycles. The number of alkyl halides is 1. The van der Waals surface area contributed by atoms with Gasteiger partial charge in [-0.2, -0.15) is 4.98 Å². The van der Waals surface area contributed by atoms with Crippen molar-refractivity contribution in [2.75, 3.05) is 24.3 Å². The zero-order valence-electron chi connectivity index (χ0n) is 6.93. The summed E-state index contributed by atoms with van der Waals surface area (Å²) in [4.78, 5) is 7.74. The zero-order valence-corrected chi connectivity index (χ0v) is 8.51. The maximum Gasteiger partial charge on any atom is 0.223 e. The molecule has 0 aliphatic heterocycles. The van der Waals surface area contributed by atoms with Crippen LogP contribution in [0.15, 0.2) is 10.7 Å². The second kappa shape index (κ2) is 4.96. The average Bonchev–Trinajstić information content (AvgIpc) is 2.03. The Balaban J connectivity index is 2.56. The topological polar surface area (TPSA) is 63.8 Å². The third-order valence-electron chi connectivity index (χ3n) is 1.33. The van der Waals surface area contributed by atoms with Gasteiger partial charge in [0.1, 0.15) is 10.4 Å². The number of rotatable bonds is 4. The van der Waals surface area contributed by atoms with Gasteiger partial charge in [0, 0.05) is 12.6 Å². The Morgan fingerprint density at radius 1 is 1.54 bits per heavy atom. The van der Waals surface area contributed by atoms with Crippen LogP contribution < -0.4 is 11.1 Å². The molecule has 1 rings (SSSR count). The van der Waals surface area contributed by atoms with Crippen LogP contribution in [-0.2, 0) is 0 Å². The SMILES string of the molecule is Nc1nc(Br)cc(NCCCF)n1. The van der Waals surface area contributed by atoms with Crippen LogP contribution in [-0.4, -0.2) is 23.2 Å². The van der Waals surface area contributed by atoms with Gasteiger partial charge in [0.25, 0.3) is 0 Å². The molecule has 0 radical (unpaired) electrons. The highest BCUT2D eigenvalue weighted by Gasteiger charge is 1.98. The van der Waals surface area contributed by atoms with E-state index in [1.807, 2.05) is 0 Å². The molecule has 0 aliphatic rings. The predicted octanol–water partition coefficient (Wildman–Crippen LogP) is 1.59. The molecule has 0 unspecified atom stereocenters. The molecule has 1 heterocycles. The highest BCUT2D eigenvalue weighted by molar-refractivity contribution is 9.10. The van der Waals surface area contributed by atoms with Gasteiger partial charge in [-0.1, -0.05) is 0 Å². The molecule has 0 bridgehead atoms. The Bertz CT molecular complexity index is 261. The minimum Gasteiger partial charge on any atom is -0.370 e. The van der Waals surface area contributed by atoms with Crippen molar-refractivity contribution in [1.82, 2.24) is 9.97 Å². The molecule has 0 fully saturated rings. The first-order chi connectivity index (χ1) is 6.22. The Morgan fingerprint density at radius 3 is 2.92 bits per heavy atom. The summed E-state index contributed by atoms with van der Waals surface area (Å²) < 4.78 is 12.4. The lowest BCUT2D eigenvalue weighted by atomic mass is 10.4. The van der Waals surface area contributed by atoms with Crippen molar-refractivity contribution >= 4 is 27.7 Å². The number of hydrogen-bond donors (Lipinski definition) is 2. The van der Waals surface area contributed by atoms with Crippen molar-refractivity contribution in [1.29, 1.82) is 0 Å². The van der Waals surface area contributed by atoms with E-state index in [1.54, 1.807) is 6.07 Å². The number of anilines is 2. The summed E-state index contributed by atoms with van der Waals surface area (Å²) in [5, 5.41) is 2.93. The van der Waals surface area contributed by atoms with Crippen molar-refractivity contribution in [2.45, 2.75) is 6.42 Å². The Kier molecular flexibility index (Phi) is 3.88. The molecule has 13 heavy (non-hydrogen) atoms. The van der Waals surface area contributed by atoms with Crippen molar-refractivity contribution in [3.8, 4) is 0 Å². The lowest BCUT2D eigenvalue weighted by Gasteiger charge is -2.04. The molecule has 0 saturated carbocycles. The summed E-state index contributed by atoms with van der Waals surface area (Å²) in [7, 11) is 0. The van der Waals surface area contributed by atoms with E-state index in [0.717, 1.165) is 0 Å². The van der Waals surface area contributed by atoms with Gasteiger partial charge < -0.3 is 11.1 Å². The number of aromatic nitrogens is 2. The molecule has 1 aromatic rings. The van der Waals surface area contributed by atoms with Gasteiger partial charge in [0.05, 0.1) is 6.67 Å². The standard InChI is InChI=1S/C7H10BrFN4/c8-5-4-6(11-3-1-2-9)13-7(10)12-5/h4H,1-3H2,(H3,10,11,12,13). The van der Waals surface area contributed by atoms with E-state index in [-0.39, 0.29) is 12.6 Å². The lowest BCUT2D eigenvalue weighted by molar-refractivity contribution is 0.481. The smallest absolute Gasteiger partial charge is 0.223 e. The van der Waals surface area contributed by atoms with Crippen LogP contribution >= 0.6 is 15.9 Å². The molecule has 4 nitrogen and oxygen atoms in total. The second-order valence-electron chi connectivity index (χ2n) is 2.40. The first-order valence-electron chi connectivity index (χ1n) is 3.82. The third-order valence-corrected chi connectivity index (χ3v) is 1.73. The van der Waals surface area contributed by atoms with Crippen molar-refractivity contribution in [3.63, 3.8) is 0 Å². The quantitative estimate of drug-likeness (QED) is 0.628. The van der Waals surface area contributed by atoms with Crippen LogP contribution in [0.5, 0.6) is 0 Å². The summed E-state index contributed by atoms with van der Waals surface area (Å²) in [5.41, 5.74) is 5.40. The van der Waals surface area contributed by atoms with Crippen LogP contribution in [0.1, 0.15) is 6.42 Å². The molecule has 1 aromatic heterocycles. The van der Waals surface area contributed by atoms with E-state index < -0.39 is 0 Å². The summed E-state index contributed by atoms with van der Waals surface area (Å²) in [6, 6.07) is 1.69. The number of nitrogens with zero attached hydrogens (tertiary/aromatic N) is 2. The third kappa shape index (κ3) is 3.54. The van der Waals surface area contributed by atoms with Crippen LogP contribution in [0.4, 0.5) is 16.2 Å². The first-order valence-corrected chi connectivity index (χ1v) is 4.61. The first kappa shape index (κ1) is 10.2. The van der Waals surface area contributed by atoms with E-state index >= 15 is 0 Å². The highest BCUT2D eigenvalue weighted by Crippen LogP contribution is 2.12. The molecule has 6 heteroatoms. The summed E-state index contributed by atoms with van der Waals surface area (Å²) in [6.07, 6.45) is 0.460. The fourth-order valence-electron chi connectivity index (χ4n) is 0.809. The van der Waals surface area contributed by atoms with Crippen molar-refractivity contribution in [3.05, 3.63) is 10.7 Å². The normalized spacial score (nSPS) is 10.0. The molecular weight excluding hydrogens is 239 g/mol. The number of nitrogens with one attached hydrogen (secondary N) is 1. The van der Waals surface area contributed by atoms with Gasteiger partial charge in [-0.05, 0) is 22.4 Å². The van der Waals surface area contributed by atoms with E-state index in [1.165, 1.54) is 0 Å². The number of hydrogen-bond acceptors (Lipinski definition) is 4. The van der Waals surface area contributed by atoms with E-state index in [2.05, 4.69) is 31.2 Å². The monoisotopic (exact) mass is 248 g/mol. The highest BCUT2D eigenvalue weighted by atomic mass is 79.9. The number of nitrogen functional groups attached to an aromatic ring is 1. The van der Waals surface area contributed by atoms with Crippen LogP contribution in [0, 0.1) is 0 Å². The van der Waals surface area contributed by atoms with Gasteiger partial charge in [0.15, 0.2) is 0 Å². The Morgan fingerprint density at radius 2 is 2.31 bits per heavy atom. The van der Waals surface area contributed by atoms with E-state index in [9.17, 15) is 4.39 Å². The van der Waals surface area contributed by atoms with Gasteiger partial charge in [-0.15, -0.1) is 0 Å². The van der Waals surface area contributed by atoms with Crippen molar-refractivity contribution in [2.24, 2.45) is 0 Å². The fraction of sp³-hybridized carbons (Fsp3) is 0.429. The summed E-state index contributed by atoms with van der Waals surface area (Å²) >= 11 is 3.18. The second-order valence-corrected chi connectivity index (χ2v) is 3.22. The fourth-order valence-corrected chi connectivity index (χ4v) is 1.21. The molecule has 72 valence electrons. The molecule has 0 amide bonds. The predicted molar refractivity (Wildman–Crippen MR) is 53.2 cm³/mol. The van der Waals surface area contributed by atoms with Gasteiger partial charge in [0.2, 0.25) is 5.95 Å². The largest absolute Gasteiger partial charge is 0.370 e. The Labute approximate surface area is 83.9 Å². The lowest BCUT2D eigenvalue weighted by Crippen LogP contribution is -2.06. The summed E-state index contributed by atoms with van der Waals surface area (Å²) in [5.74, 6) is 0.796. The minimum atomic E-state index is -0.339. The molecule has 0 spiro atoms. The van der Waals surface area contributed by atoms with Gasteiger partial charge in [-0.25, -0.2) is 4.98 Å². The van der Waals surface area contributed by atoms with E-state index in [4.69, 9.17) is 5.73 Å². The van der Waals surface area contributed by atoms with Crippen molar-refractivity contribution < 1.29 is 4.39 Å².